The summed E-state index contributed by atoms with van der Waals surface area (Å²) in [6.45, 7) is 8.94. The van der Waals surface area contributed by atoms with Crippen LogP contribution in [0.2, 0.25) is 0 Å². The van der Waals surface area contributed by atoms with E-state index in [1.54, 1.807) is 0 Å². The molecule has 2 saturated carbocycles. The lowest BCUT2D eigenvalue weighted by Gasteiger charge is -2.44. The van der Waals surface area contributed by atoms with Crippen LogP contribution in [0.4, 0.5) is 0 Å². The minimum Gasteiger partial charge on any atom is -0.309 e. The molecule has 18 heavy (non-hydrogen) atoms. The second-order valence-electron chi connectivity index (χ2n) is 7.26. The zero-order chi connectivity index (χ0) is 12.2. The molecule has 0 aromatic heterocycles. The second-order valence-corrected chi connectivity index (χ2v) is 7.26. The van der Waals surface area contributed by atoms with Crippen LogP contribution in [0.15, 0.2) is 0 Å². The first-order valence-electron chi connectivity index (χ1n) is 7.98. The molecule has 4 fully saturated rings. The van der Waals surface area contributed by atoms with Gasteiger partial charge in [-0.15, -0.1) is 0 Å². The molecule has 0 amide bonds. The Bertz CT molecular complexity index is 324. The van der Waals surface area contributed by atoms with Gasteiger partial charge in [-0.2, -0.15) is 0 Å². The first-order chi connectivity index (χ1) is 8.74. The number of rotatable bonds is 3. The summed E-state index contributed by atoms with van der Waals surface area (Å²) in [4.78, 5) is 5.55. The lowest BCUT2D eigenvalue weighted by atomic mass is 9.92. The predicted octanol–water partition coefficient (Wildman–Crippen LogP) is 1.30. The van der Waals surface area contributed by atoms with Crippen LogP contribution in [0.3, 0.4) is 0 Å². The molecule has 0 spiro atoms. The summed E-state index contributed by atoms with van der Waals surface area (Å²) >= 11 is 0. The quantitative estimate of drug-likeness (QED) is 0.813. The van der Waals surface area contributed by atoms with E-state index in [9.17, 15) is 0 Å². The van der Waals surface area contributed by atoms with E-state index in [0.29, 0.717) is 5.54 Å². The number of nitrogens with one attached hydrogen (secondary N) is 1. The fourth-order valence-corrected chi connectivity index (χ4v) is 4.18. The fraction of sp³-hybridized carbons (Fsp3) is 1.00. The van der Waals surface area contributed by atoms with Gasteiger partial charge in [-0.25, -0.2) is 0 Å². The van der Waals surface area contributed by atoms with Crippen molar-refractivity contribution in [3.63, 3.8) is 0 Å². The molecule has 2 aliphatic carbocycles. The molecule has 0 aromatic carbocycles. The van der Waals surface area contributed by atoms with Crippen LogP contribution < -0.4 is 5.32 Å². The molecule has 2 unspecified atom stereocenters. The van der Waals surface area contributed by atoms with Crippen molar-refractivity contribution in [2.24, 2.45) is 5.92 Å². The average Bonchev–Trinajstić information content (AvgIpc) is 3.27. The molecule has 0 bridgehead atoms. The summed E-state index contributed by atoms with van der Waals surface area (Å²) in [5.41, 5.74) is 0.422. The van der Waals surface area contributed by atoms with Gasteiger partial charge in [-0.05, 0) is 44.9 Å². The summed E-state index contributed by atoms with van der Waals surface area (Å²) in [7, 11) is 0. The van der Waals surface area contributed by atoms with Crippen LogP contribution >= 0.6 is 0 Å². The van der Waals surface area contributed by atoms with Gasteiger partial charge in [0, 0.05) is 50.3 Å². The Morgan fingerprint density at radius 3 is 2.50 bits per heavy atom. The number of piperazine rings is 1. The average molecular weight is 249 g/mol. The minimum atomic E-state index is 0.422. The maximum atomic E-state index is 3.80. The van der Waals surface area contributed by atoms with Crippen molar-refractivity contribution in [2.45, 2.75) is 56.7 Å². The van der Waals surface area contributed by atoms with Gasteiger partial charge in [0.25, 0.3) is 0 Å². The Labute approximate surface area is 111 Å². The number of hydrogen-bond donors (Lipinski definition) is 1. The minimum absolute atomic E-state index is 0.422. The van der Waals surface area contributed by atoms with E-state index in [2.05, 4.69) is 22.0 Å². The molecule has 3 heteroatoms. The highest BCUT2D eigenvalue weighted by molar-refractivity contribution is 5.04. The van der Waals surface area contributed by atoms with E-state index >= 15 is 0 Å². The van der Waals surface area contributed by atoms with E-state index in [1.807, 2.05) is 0 Å². The van der Waals surface area contributed by atoms with E-state index in [1.165, 1.54) is 64.8 Å². The first kappa shape index (κ1) is 11.7. The van der Waals surface area contributed by atoms with E-state index < -0.39 is 0 Å². The number of nitrogens with zero attached hydrogens (tertiary/aromatic N) is 2. The summed E-state index contributed by atoms with van der Waals surface area (Å²) in [5.74, 6) is 0.959. The van der Waals surface area contributed by atoms with Crippen molar-refractivity contribution >= 4 is 0 Å². The highest BCUT2D eigenvalue weighted by atomic mass is 15.3. The Hall–Kier alpha value is -0.120. The Morgan fingerprint density at radius 2 is 1.78 bits per heavy atom. The molecule has 2 heterocycles. The molecule has 0 aromatic rings. The third kappa shape index (κ3) is 2.10. The van der Waals surface area contributed by atoms with Crippen molar-refractivity contribution < 1.29 is 0 Å². The van der Waals surface area contributed by atoms with Crippen LogP contribution in [-0.2, 0) is 0 Å². The lowest BCUT2D eigenvalue weighted by Crippen LogP contribution is -2.62. The third-order valence-corrected chi connectivity index (χ3v) is 5.71. The highest BCUT2D eigenvalue weighted by Crippen LogP contribution is 2.41. The zero-order valence-electron chi connectivity index (χ0n) is 11.7. The summed E-state index contributed by atoms with van der Waals surface area (Å²) < 4.78 is 0. The normalized spacial score (nSPS) is 43.5. The third-order valence-electron chi connectivity index (χ3n) is 5.71. The maximum Gasteiger partial charge on any atom is 0.0309 e. The standard InChI is InChI=1S/C15H27N3/c1-15(12-2-3-12)11-18(9-7-16-15)14-6-8-17(10-14)13-4-5-13/h12-14,16H,2-11H2,1H3. The molecule has 0 radical (unpaired) electrons. The molecule has 4 rings (SSSR count). The second kappa shape index (κ2) is 4.19. The van der Waals surface area contributed by atoms with Gasteiger partial charge in [0.05, 0.1) is 0 Å². The molecule has 2 aliphatic heterocycles. The number of hydrogen-bond acceptors (Lipinski definition) is 3. The predicted molar refractivity (Wildman–Crippen MR) is 73.7 cm³/mol. The van der Waals surface area contributed by atoms with Crippen LogP contribution in [0, 0.1) is 5.92 Å². The van der Waals surface area contributed by atoms with Gasteiger partial charge in [0.15, 0.2) is 0 Å². The molecule has 2 atom stereocenters. The lowest BCUT2D eigenvalue weighted by molar-refractivity contribution is 0.0896. The summed E-state index contributed by atoms with van der Waals surface area (Å²) in [5, 5.41) is 3.80. The Morgan fingerprint density at radius 1 is 0.944 bits per heavy atom. The summed E-state index contributed by atoms with van der Waals surface area (Å²) in [6, 6.07) is 1.82. The van der Waals surface area contributed by atoms with E-state index in [4.69, 9.17) is 0 Å². The topological polar surface area (TPSA) is 18.5 Å². The van der Waals surface area contributed by atoms with Gasteiger partial charge < -0.3 is 5.32 Å². The van der Waals surface area contributed by atoms with Gasteiger partial charge in [-0.3, -0.25) is 9.80 Å². The fourth-order valence-electron chi connectivity index (χ4n) is 4.18. The van der Waals surface area contributed by atoms with Crippen LogP contribution in [0.25, 0.3) is 0 Å². The van der Waals surface area contributed by atoms with Crippen molar-refractivity contribution in [1.82, 2.24) is 15.1 Å². The van der Waals surface area contributed by atoms with Crippen LogP contribution in [-0.4, -0.2) is 60.1 Å². The van der Waals surface area contributed by atoms with Gasteiger partial charge in [0.2, 0.25) is 0 Å². The van der Waals surface area contributed by atoms with Gasteiger partial charge in [0.1, 0.15) is 0 Å². The molecular weight excluding hydrogens is 222 g/mol. The highest BCUT2D eigenvalue weighted by Gasteiger charge is 2.46. The largest absolute Gasteiger partial charge is 0.309 e. The summed E-state index contributed by atoms with van der Waals surface area (Å²) in [6.07, 6.45) is 7.26. The van der Waals surface area contributed by atoms with Crippen LogP contribution in [0.1, 0.15) is 39.0 Å². The molecule has 1 N–H and O–H groups in total. The van der Waals surface area contributed by atoms with Crippen molar-refractivity contribution in [1.29, 1.82) is 0 Å². The van der Waals surface area contributed by atoms with Crippen LogP contribution in [0.5, 0.6) is 0 Å². The van der Waals surface area contributed by atoms with Gasteiger partial charge >= 0.3 is 0 Å². The van der Waals surface area contributed by atoms with Crippen molar-refractivity contribution in [3.8, 4) is 0 Å². The maximum absolute atomic E-state index is 3.80. The monoisotopic (exact) mass is 249 g/mol. The molecular formula is C15H27N3. The Kier molecular flexibility index (Phi) is 2.72. The van der Waals surface area contributed by atoms with Crippen molar-refractivity contribution in [2.75, 3.05) is 32.7 Å². The SMILES string of the molecule is CC1(C2CC2)CN(C2CCN(C3CC3)C2)CCN1. The van der Waals surface area contributed by atoms with Gasteiger partial charge in [-0.1, -0.05) is 0 Å². The van der Waals surface area contributed by atoms with Crippen molar-refractivity contribution in [3.05, 3.63) is 0 Å². The number of likely N-dealkylation sites (tertiary alicyclic amines) is 1. The smallest absolute Gasteiger partial charge is 0.0309 e. The Balaban J connectivity index is 1.38. The first-order valence-corrected chi connectivity index (χ1v) is 7.98. The molecule has 2 saturated heterocycles. The zero-order valence-corrected chi connectivity index (χ0v) is 11.7. The molecule has 3 nitrogen and oxygen atoms in total. The van der Waals surface area contributed by atoms with E-state index in [0.717, 1.165) is 18.0 Å². The molecule has 4 aliphatic rings. The van der Waals surface area contributed by atoms with E-state index in [-0.39, 0.29) is 0 Å². The molecule has 102 valence electrons.